The normalized spacial score (nSPS) is 13.7. The zero-order chi connectivity index (χ0) is 13.2. The highest BCUT2D eigenvalue weighted by Gasteiger charge is 2.20. The number of carbonyl (C=O) groups is 1. The van der Waals surface area contributed by atoms with E-state index in [1.807, 2.05) is 36.4 Å². The van der Waals surface area contributed by atoms with Crippen LogP contribution in [0.3, 0.4) is 0 Å². The molecule has 3 rings (SSSR count). The number of rotatable bonds is 4. The van der Waals surface area contributed by atoms with Gasteiger partial charge in [0.25, 0.3) is 0 Å². The molecule has 1 aliphatic rings. The van der Waals surface area contributed by atoms with Gasteiger partial charge in [0.2, 0.25) is 0 Å². The van der Waals surface area contributed by atoms with E-state index in [1.54, 1.807) is 0 Å². The summed E-state index contributed by atoms with van der Waals surface area (Å²) >= 11 is 0. The second kappa shape index (κ2) is 4.96. The predicted molar refractivity (Wildman–Crippen MR) is 78.2 cm³/mol. The summed E-state index contributed by atoms with van der Waals surface area (Å²) in [5.74, 6) is 0.119. The van der Waals surface area contributed by atoms with Crippen molar-refractivity contribution in [2.45, 2.75) is 0 Å². The van der Waals surface area contributed by atoms with Gasteiger partial charge in [-0.15, -0.1) is 0 Å². The maximum absolute atomic E-state index is 12.5. The predicted octanol–water partition coefficient (Wildman–Crippen LogP) is 1.97. The fraction of sp³-hybridized carbons (Fsp3) is 0.188. The van der Waals surface area contributed by atoms with E-state index in [0.717, 1.165) is 34.0 Å². The van der Waals surface area contributed by atoms with Crippen LogP contribution in [0.25, 0.3) is 16.8 Å². The lowest BCUT2D eigenvalue weighted by molar-refractivity contribution is 0.103. The molecule has 0 aromatic heterocycles. The van der Waals surface area contributed by atoms with Crippen LogP contribution in [0.1, 0.15) is 15.9 Å². The van der Waals surface area contributed by atoms with E-state index in [4.69, 9.17) is 5.73 Å². The largest absolute Gasteiger partial charge is 0.329 e. The topological polar surface area (TPSA) is 55.1 Å². The van der Waals surface area contributed by atoms with E-state index in [-0.39, 0.29) is 5.78 Å². The smallest absolute Gasteiger partial charge is 0.190 e. The minimum Gasteiger partial charge on any atom is -0.329 e. The van der Waals surface area contributed by atoms with E-state index < -0.39 is 0 Å². The van der Waals surface area contributed by atoms with Crippen molar-refractivity contribution in [2.75, 3.05) is 19.6 Å². The van der Waals surface area contributed by atoms with Gasteiger partial charge in [-0.25, -0.2) is 0 Å². The van der Waals surface area contributed by atoms with Crippen molar-refractivity contribution >= 4 is 22.6 Å². The zero-order valence-corrected chi connectivity index (χ0v) is 10.6. The number of ketones is 1. The Morgan fingerprint density at radius 2 is 1.89 bits per heavy atom. The lowest BCUT2D eigenvalue weighted by Gasteiger charge is -2.17. The van der Waals surface area contributed by atoms with Crippen molar-refractivity contribution in [1.82, 2.24) is 5.32 Å². The van der Waals surface area contributed by atoms with Gasteiger partial charge in [-0.2, -0.15) is 0 Å². The van der Waals surface area contributed by atoms with Gasteiger partial charge in [-0.3, -0.25) is 4.79 Å². The number of Topliss-reactive ketones (excluding diaryl/α,β-unsaturated/α-hetero) is 1. The van der Waals surface area contributed by atoms with Crippen LogP contribution in [0.5, 0.6) is 0 Å². The number of hydrogen-bond acceptors (Lipinski definition) is 3. The highest BCUT2D eigenvalue weighted by atomic mass is 16.1. The van der Waals surface area contributed by atoms with E-state index >= 15 is 0 Å². The van der Waals surface area contributed by atoms with Gasteiger partial charge >= 0.3 is 0 Å². The fourth-order valence-corrected chi connectivity index (χ4v) is 2.56. The van der Waals surface area contributed by atoms with Crippen molar-refractivity contribution in [3.63, 3.8) is 0 Å². The number of carbonyl (C=O) groups excluding carboxylic acids is 1. The maximum atomic E-state index is 12.5. The van der Waals surface area contributed by atoms with Crippen molar-refractivity contribution in [3.8, 4) is 0 Å². The monoisotopic (exact) mass is 252 g/mol. The minimum absolute atomic E-state index is 0.119. The molecular formula is C16H16N2O. The number of hydrogen-bond donors (Lipinski definition) is 2. The van der Waals surface area contributed by atoms with Crippen LogP contribution >= 0.6 is 0 Å². The molecule has 0 unspecified atom stereocenters. The summed E-state index contributed by atoms with van der Waals surface area (Å²) in [5, 5.41) is 5.37. The molecular weight excluding hydrogens is 236 g/mol. The number of benzene rings is 2. The third-order valence-electron chi connectivity index (χ3n) is 3.44. The molecule has 19 heavy (non-hydrogen) atoms. The lowest BCUT2D eigenvalue weighted by atomic mass is 9.88. The molecule has 2 aromatic rings. The first-order chi connectivity index (χ1) is 9.31. The average molecular weight is 252 g/mol. The lowest BCUT2D eigenvalue weighted by Crippen LogP contribution is -2.27. The molecule has 3 N–H and O–H groups in total. The summed E-state index contributed by atoms with van der Waals surface area (Å²) in [4.78, 5) is 12.5. The third kappa shape index (κ3) is 2.07. The van der Waals surface area contributed by atoms with Crippen LogP contribution in [0.4, 0.5) is 0 Å². The van der Waals surface area contributed by atoms with Crippen LogP contribution < -0.4 is 11.1 Å². The average Bonchev–Trinajstić information content (AvgIpc) is 2.44. The second-order valence-corrected chi connectivity index (χ2v) is 4.72. The first-order valence-corrected chi connectivity index (χ1v) is 6.49. The van der Waals surface area contributed by atoms with E-state index in [1.165, 1.54) is 0 Å². The minimum atomic E-state index is 0.119. The summed E-state index contributed by atoms with van der Waals surface area (Å²) in [7, 11) is 0. The molecule has 0 bridgehead atoms. The molecule has 0 atom stereocenters. The molecule has 1 aliphatic carbocycles. The summed E-state index contributed by atoms with van der Waals surface area (Å²) in [5.41, 5.74) is 8.18. The Morgan fingerprint density at radius 1 is 1.11 bits per heavy atom. The number of nitrogens with two attached hydrogens (primary N) is 1. The van der Waals surface area contributed by atoms with Gasteiger partial charge in [0.15, 0.2) is 5.78 Å². The first kappa shape index (κ1) is 12.1. The Labute approximate surface area is 112 Å². The molecule has 0 fully saturated rings. The van der Waals surface area contributed by atoms with Crippen molar-refractivity contribution < 1.29 is 4.79 Å². The fourth-order valence-electron chi connectivity index (χ4n) is 2.56. The SMILES string of the molecule is NCCNCC1=Cc2cccc3cccc(c23)C1=O. The van der Waals surface area contributed by atoms with Gasteiger partial charge < -0.3 is 11.1 Å². The summed E-state index contributed by atoms with van der Waals surface area (Å²) < 4.78 is 0. The third-order valence-corrected chi connectivity index (χ3v) is 3.44. The Morgan fingerprint density at radius 3 is 2.68 bits per heavy atom. The number of nitrogens with one attached hydrogen (secondary N) is 1. The Balaban J connectivity index is 2.06. The molecule has 0 amide bonds. The Kier molecular flexibility index (Phi) is 3.15. The van der Waals surface area contributed by atoms with Crippen LogP contribution in [0.15, 0.2) is 42.0 Å². The van der Waals surface area contributed by atoms with Crippen LogP contribution in [-0.4, -0.2) is 25.4 Å². The van der Waals surface area contributed by atoms with Crippen molar-refractivity contribution in [1.29, 1.82) is 0 Å². The van der Waals surface area contributed by atoms with Crippen LogP contribution in [0, 0.1) is 0 Å². The highest BCUT2D eigenvalue weighted by molar-refractivity contribution is 6.22. The molecule has 2 aromatic carbocycles. The first-order valence-electron chi connectivity index (χ1n) is 6.49. The standard InChI is InChI=1S/C16H16N2O/c17-7-8-18-10-13-9-12-5-1-3-11-4-2-6-14(15(11)12)16(13)19/h1-6,9,18H,7-8,10,17H2. The molecule has 0 aliphatic heterocycles. The molecule has 3 nitrogen and oxygen atoms in total. The molecule has 96 valence electrons. The van der Waals surface area contributed by atoms with Gasteiger partial charge in [0, 0.05) is 36.2 Å². The molecule has 0 radical (unpaired) electrons. The molecule has 0 saturated carbocycles. The van der Waals surface area contributed by atoms with E-state index in [9.17, 15) is 4.79 Å². The van der Waals surface area contributed by atoms with Crippen molar-refractivity contribution in [2.24, 2.45) is 5.73 Å². The Bertz CT molecular complexity index is 668. The molecule has 0 heterocycles. The Hall–Kier alpha value is -1.97. The summed E-state index contributed by atoms with van der Waals surface area (Å²) in [6.07, 6.45) is 1.99. The highest BCUT2D eigenvalue weighted by Crippen LogP contribution is 2.30. The zero-order valence-electron chi connectivity index (χ0n) is 10.6. The maximum Gasteiger partial charge on any atom is 0.190 e. The molecule has 0 saturated heterocycles. The van der Waals surface area contributed by atoms with Gasteiger partial charge in [0.05, 0.1) is 0 Å². The molecule has 3 heteroatoms. The van der Waals surface area contributed by atoms with Crippen LogP contribution in [0.2, 0.25) is 0 Å². The van der Waals surface area contributed by atoms with E-state index in [2.05, 4.69) is 11.4 Å². The summed E-state index contributed by atoms with van der Waals surface area (Å²) in [6, 6.07) is 12.0. The molecule has 0 spiro atoms. The van der Waals surface area contributed by atoms with E-state index in [0.29, 0.717) is 13.1 Å². The second-order valence-electron chi connectivity index (χ2n) is 4.72. The van der Waals surface area contributed by atoms with Gasteiger partial charge in [-0.05, 0) is 17.0 Å². The van der Waals surface area contributed by atoms with Gasteiger partial charge in [0.1, 0.15) is 0 Å². The quantitative estimate of drug-likeness (QED) is 0.818. The van der Waals surface area contributed by atoms with Crippen LogP contribution in [-0.2, 0) is 0 Å². The van der Waals surface area contributed by atoms with Crippen molar-refractivity contribution in [3.05, 3.63) is 53.1 Å². The summed E-state index contributed by atoms with van der Waals surface area (Å²) in [6.45, 7) is 1.87. The van der Waals surface area contributed by atoms with Gasteiger partial charge in [-0.1, -0.05) is 36.4 Å².